The molecule has 2 bridgehead atoms. The SMILES string of the molecule is CN(CCN(C)C(=O)Oc1cc2c(c3ccccc13)[C@H](CCl)CN2C(=O)C12CC(C(=O)N3C[C@@H](CCl)c4c3cc(OP(=O)(O)O)c3ccccc43)(C1)C2)C(=O)OCc1ccc(SSC[C@H](NC(=O)CCCCCN2C(=O)C=CC2=O)C(=O)O)cc1. The Morgan fingerprint density at radius 2 is 1.25 bits per heavy atom. The van der Waals surface area contributed by atoms with Crippen LogP contribution in [0.3, 0.4) is 0 Å². The highest BCUT2D eigenvalue weighted by molar-refractivity contribution is 8.76. The number of phosphoric ester groups is 1. The van der Waals surface area contributed by atoms with Crippen molar-refractivity contribution in [1.29, 1.82) is 0 Å². The van der Waals surface area contributed by atoms with Gasteiger partial charge in [-0.25, -0.2) is 18.9 Å². The van der Waals surface area contributed by atoms with Crippen LogP contribution in [0.5, 0.6) is 11.5 Å². The zero-order valence-corrected chi connectivity index (χ0v) is 50.3. The Balaban J connectivity index is 0.700. The van der Waals surface area contributed by atoms with Gasteiger partial charge in [0.25, 0.3) is 11.8 Å². The fourth-order valence-corrected chi connectivity index (χ4v) is 15.2. The number of ether oxygens (including phenoxy) is 2. The van der Waals surface area contributed by atoms with Crippen molar-refractivity contribution >= 4 is 133 Å². The lowest BCUT2D eigenvalue weighted by molar-refractivity contribution is -0.205. The molecule has 0 saturated heterocycles. The molecule has 85 heavy (non-hydrogen) atoms. The van der Waals surface area contributed by atoms with Crippen LogP contribution in [0.15, 0.2) is 102 Å². The standard InChI is InChI=1S/C59H61Cl2N6O15PS2/c1-63(56(75)80-30-35-15-17-38(18-16-35)85-84-31-43(53(71)72)62-48(68)14-4-3-9-21-65-49(69)19-20-50(65)70)22-23-64(2)57(76)81-46-24-44-51(41-12-7-5-10-39(41)46)36(26-60)28-66(44)54(73)58-32-59(33-58,34-58)55(74)67-29-37(27-61)52-42-13-8-6-11-40(42)47(25-45(52)67)82-83(77,78)79/h5-8,10-13,15-20,24-25,36-37,43H,3-4,9,14,21-23,26-34H2,1-2H3,(H,62,68)(H,71,72)(H2,77,78,79)/t36-,37-,43+,58?,59?/m1/s1. The average Bonchev–Trinajstić information content (AvgIpc) is 1.40. The van der Waals surface area contributed by atoms with Crippen molar-refractivity contribution in [2.75, 3.05) is 74.1 Å². The van der Waals surface area contributed by atoms with Gasteiger partial charge in [0.1, 0.15) is 24.1 Å². The molecule has 3 aliphatic carbocycles. The summed E-state index contributed by atoms with van der Waals surface area (Å²) in [5.41, 5.74) is 1.70. The number of carboxylic acids is 1. The van der Waals surface area contributed by atoms with Crippen LogP contribution >= 0.6 is 52.6 Å². The van der Waals surface area contributed by atoms with E-state index in [-0.39, 0.29) is 110 Å². The molecule has 26 heteroatoms. The van der Waals surface area contributed by atoms with Crippen molar-refractivity contribution in [2.45, 2.75) is 74.3 Å². The number of fused-ring (bicyclic) bond motifs is 6. The number of unbranched alkanes of at least 4 members (excludes halogenated alkanes) is 2. The van der Waals surface area contributed by atoms with Gasteiger partial charge in [-0.05, 0) is 71.7 Å². The third kappa shape index (κ3) is 12.7. The van der Waals surface area contributed by atoms with Crippen LogP contribution in [0, 0.1) is 10.8 Å². The quantitative estimate of drug-likeness (QED) is 0.0147. The Kier molecular flexibility index (Phi) is 18.2. The van der Waals surface area contributed by atoms with E-state index in [0.29, 0.717) is 71.6 Å². The van der Waals surface area contributed by atoms with Gasteiger partial charge in [-0.3, -0.25) is 38.7 Å². The number of likely N-dealkylation sites (N-methyl/N-ethyl adjacent to an activating group) is 2. The van der Waals surface area contributed by atoms with Crippen molar-refractivity contribution in [1.82, 2.24) is 20.0 Å². The first-order chi connectivity index (χ1) is 40.6. The Bertz CT molecular complexity index is 3570. The molecule has 11 rings (SSSR count). The second-order valence-electron chi connectivity index (χ2n) is 22.1. The first-order valence-corrected chi connectivity index (χ1v) is 32.4. The van der Waals surface area contributed by atoms with Gasteiger partial charge < -0.3 is 44.0 Å². The number of anilines is 2. The minimum absolute atomic E-state index is 0.0445. The number of rotatable bonds is 24. The summed E-state index contributed by atoms with van der Waals surface area (Å²) in [4.78, 5) is 132. The highest BCUT2D eigenvalue weighted by atomic mass is 35.5. The Labute approximate surface area is 506 Å². The zero-order chi connectivity index (χ0) is 60.5. The molecule has 0 unspecified atom stereocenters. The maximum absolute atomic E-state index is 14.9. The van der Waals surface area contributed by atoms with Gasteiger partial charge in [-0.1, -0.05) is 88.7 Å². The van der Waals surface area contributed by atoms with Gasteiger partial charge in [0.2, 0.25) is 17.7 Å². The summed E-state index contributed by atoms with van der Waals surface area (Å²) in [6.45, 7) is 0.913. The van der Waals surface area contributed by atoms with Crippen molar-refractivity contribution in [3.05, 3.63) is 114 Å². The molecule has 3 atom stereocenters. The maximum atomic E-state index is 14.9. The average molecular weight is 1260 g/mol. The minimum atomic E-state index is -4.97. The van der Waals surface area contributed by atoms with Crippen LogP contribution in [0.25, 0.3) is 21.5 Å². The summed E-state index contributed by atoms with van der Waals surface area (Å²) >= 11 is 13.1. The molecule has 5 aromatic carbocycles. The molecule has 0 spiro atoms. The van der Waals surface area contributed by atoms with Crippen LogP contribution in [-0.4, -0.2) is 148 Å². The number of phosphoric acid groups is 1. The van der Waals surface area contributed by atoms with Crippen molar-refractivity contribution in [3.8, 4) is 11.5 Å². The van der Waals surface area contributed by atoms with E-state index in [1.54, 1.807) is 58.3 Å². The van der Waals surface area contributed by atoms with Crippen molar-refractivity contribution in [3.63, 3.8) is 0 Å². The molecular weight excluding hydrogens is 1200 g/mol. The number of nitrogens with zero attached hydrogens (tertiary/aromatic N) is 5. The lowest BCUT2D eigenvalue weighted by atomic mass is 9.34. The summed E-state index contributed by atoms with van der Waals surface area (Å²) in [5.74, 6) is -2.49. The van der Waals surface area contributed by atoms with Gasteiger partial charge in [0.15, 0.2) is 0 Å². The number of carbonyl (C=O) groups excluding carboxylic acids is 7. The van der Waals surface area contributed by atoms with E-state index in [9.17, 15) is 57.8 Å². The van der Waals surface area contributed by atoms with E-state index in [0.717, 1.165) is 26.3 Å². The second-order valence-corrected chi connectivity index (χ2v) is 26.3. The third-order valence-electron chi connectivity index (χ3n) is 16.4. The number of amides is 7. The number of hydrogen-bond donors (Lipinski definition) is 4. The molecule has 3 fully saturated rings. The number of carbonyl (C=O) groups is 8. The highest BCUT2D eigenvalue weighted by Crippen LogP contribution is 2.75. The molecule has 3 heterocycles. The summed E-state index contributed by atoms with van der Waals surface area (Å²) in [6.07, 6.45) is 3.68. The summed E-state index contributed by atoms with van der Waals surface area (Å²) in [6, 6.07) is 23.7. The number of nitrogens with one attached hydrogen (secondary N) is 1. The van der Waals surface area contributed by atoms with E-state index in [1.165, 1.54) is 63.7 Å². The highest BCUT2D eigenvalue weighted by Gasteiger charge is 2.76. The smallest absolute Gasteiger partial charge is 0.480 e. The molecule has 3 aliphatic heterocycles. The van der Waals surface area contributed by atoms with E-state index < -0.39 is 48.8 Å². The van der Waals surface area contributed by atoms with Crippen LogP contribution in [-0.2, 0) is 44.7 Å². The summed E-state index contributed by atoms with van der Waals surface area (Å²) in [5, 5.41) is 14.8. The Morgan fingerprint density at radius 1 is 0.729 bits per heavy atom. The molecule has 4 N–H and O–H groups in total. The lowest BCUT2D eigenvalue weighted by Gasteiger charge is -2.69. The molecule has 5 aromatic rings. The Morgan fingerprint density at radius 3 is 1.78 bits per heavy atom. The first kappa shape index (κ1) is 61.2. The fraction of sp³-hybridized carbons (Fsp3) is 0.390. The molecule has 448 valence electrons. The number of imide groups is 1. The predicted molar refractivity (Wildman–Crippen MR) is 321 cm³/mol. The number of halogens is 2. The van der Waals surface area contributed by atoms with E-state index in [4.69, 9.17) is 37.2 Å². The normalized spacial score (nSPS) is 20.4. The monoisotopic (exact) mass is 1260 g/mol. The third-order valence-corrected chi connectivity index (χ3v) is 19.9. The van der Waals surface area contributed by atoms with Crippen LogP contribution in [0.4, 0.5) is 21.0 Å². The number of alkyl halides is 2. The van der Waals surface area contributed by atoms with E-state index >= 15 is 0 Å². The van der Waals surface area contributed by atoms with Gasteiger partial charge in [-0.2, -0.15) is 0 Å². The molecular formula is C59H61Cl2N6O15PS2. The fourth-order valence-electron chi connectivity index (χ4n) is 12.1. The number of carboxylic acid groups (broad SMARTS) is 1. The number of aliphatic carboxylic acids is 1. The molecule has 6 aliphatic rings. The predicted octanol–water partition coefficient (Wildman–Crippen LogP) is 9.17. The molecule has 0 aromatic heterocycles. The van der Waals surface area contributed by atoms with Gasteiger partial charge in [-0.15, -0.1) is 23.2 Å². The topological polar surface area (TPSA) is 270 Å². The van der Waals surface area contributed by atoms with E-state index in [1.807, 2.05) is 30.3 Å². The van der Waals surface area contributed by atoms with Gasteiger partial charge >= 0.3 is 26.0 Å². The van der Waals surface area contributed by atoms with Crippen LogP contribution < -0.4 is 24.4 Å². The molecule has 21 nitrogen and oxygen atoms in total. The first-order valence-electron chi connectivity index (χ1n) is 27.5. The molecule has 0 radical (unpaired) electrons. The molecule has 7 amide bonds. The lowest BCUT2D eigenvalue weighted by Crippen LogP contribution is -2.73. The molecule has 3 saturated carbocycles. The minimum Gasteiger partial charge on any atom is -0.480 e. The Hall–Kier alpha value is -6.85. The number of benzene rings is 5. The van der Waals surface area contributed by atoms with Crippen molar-refractivity contribution < 1.29 is 71.8 Å². The summed E-state index contributed by atoms with van der Waals surface area (Å²) < 4.78 is 28.8. The summed E-state index contributed by atoms with van der Waals surface area (Å²) in [7, 11) is 0.690. The largest absolute Gasteiger partial charge is 0.524 e. The maximum Gasteiger partial charge on any atom is 0.524 e. The van der Waals surface area contributed by atoms with Crippen LogP contribution in [0.2, 0.25) is 0 Å². The zero-order valence-electron chi connectivity index (χ0n) is 46.3. The van der Waals surface area contributed by atoms with Crippen LogP contribution in [0.1, 0.15) is 73.5 Å². The van der Waals surface area contributed by atoms with E-state index in [2.05, 4.69) is 5.32 Å². The van der Waals surface area contributed by atoms with Crippen molar-refractivity contribution in [2.24, 2.45) is 10.8 Å². The van der Waals surface area contributed by atoms with Gasteiger partial charge in [0, 0.05) is 123 Å². The number of hydrogen-bond acceptors (Lipinski definition) is 14. The van der Waals surface area contributed by atoms with Gasteiger partial charge in [0.05, 0.1) is 22.2 Å². The second kappa shape index (κ2) is 25.2.